The van der Waals surface area contributed by atoms with Gasteiger partial charge in [0.2, 0.25) is 11.8 Å². The van der Waals surface area contributed by atoms with Gasteiger partial charge in [0.25, 0.3) is 5.91 Å². The van der Waals surface area contributed by atoms with E-state index in [1.807, 2.05) is 19.2 Å². The quantitative estimate of drug-likeness (QED) is 0.301. The molecule has 0 radical (unpaired) electrons. The van der Waals surface area contributed by atoms with E-state index in [9.17, 15) is 27.6 Å². The highest BCUT2D eigenvalue weighted by molar-refractivity contribution is 6.01. The van der Waals surface area contributed by atoms with Crippen molar-refractivity contribution in [2.45, 2.75) is 77.6 Å². The maximum atomic E-state index is 15.3. The van der Waals surface area contributed by atoms with Crippen LogP contribution in [0.15, 0.2) is 30.5 Å². The highest BCUT2D eigenvalue weighted by Crippen LogP contribution is 2.51. The first-order valence-electron chi connectivity index (χ1n) is 14.1. The number of carbonyl (C=O) groups is 3. The molecule has 224 valence electrons. The van der Waals surface area contributed by atoms with Crippen LogP contribution in [0.1, 0.15) is 81.4 Å². The Morgan fingerprint density at radius 2 is 1.63 bits per heavy atom. The van der Waals surface area contributed by atoms with Crippen molar-refractivity contribution in [3.63, 3.8) is 0 Å². The zero-order valence-corrected chi connectivity index (χ0v) is 23.6. The molecule has 0 saturated heterocycles. The molecular weight excluding hydrogens is 542 g/mol. The van der Waals surface area contributed by atoms with Crippen LogP contribution in [0, 0.1) is 29.5 Å². The Bertz CT molecular complexity index is 1260. The van der Waals surface area contributed by atoms with Gasteiger partial charge in [-0.3, -0.25) is 19.1 Å². The van der Waals surface area contributed by atoms with Crippen LogP contribution >= 0.6 is 0 Å². The molecule has 3 amide bonds. The van der Waals surface area contributed by atoms with Crippen molar-refractivity contribution in [3.8, 4) is 0 Å². The third-order valence-electron chi connectivity index (χ3n) is 7.70. The van der Waals surface area contributed by atoms with Crippen molar-refractivity contribution in [1.29, 1.82) is 0 Å². The first-order chi connectivity index (χ1) is 19.3. The molecule has 1 aromatic carbocycles. The predicted molar refractivity (Wildman–Crippen MR) is 144 cm³/mol. The number of anilines is 1. The molecule has 0 spiro atoms. The molecule has 3 N–H and O–H groups in total. The Labute approximate surface area is 236 Å². The number of halogens is 4. The first-order valence-corrected chi connectivity index (χ1v) is 14.1. The molecular formula is C29H37F4N5O3. The number of hydrogen-bond donors (Lipinski definition) is 3. The van der Waals surface area contributed by atoms with Crippen molar-refractivity contribution in [2.75, 3.05) is 11.9 Å². The number of amides is 3. The van der Waals surface area contributed by atoms with E-state index in [2.05, 4.69) is 15.7 Å². The van der Waals surface area contributed by atoms with Gasteiger partial charge in [0, 0.05) is 12.2 Å². The predicted octanol–water partition coefficient (Wildman–Crippen LogP) is 5.19. The number of aromatic nitrogens is 2. The van der Waals surface area contributed by atoms with Gasteiger partial charge in [0.05, 0.1) is 11.6 Å². The summed E-state index contributed by atoms with van der Waals surface area (Å²) in [6, 6.07) is 4.39. The first kappa shape index (κ1) is 30.5. The zero-order valence-electron chi connectivity index (χ0n) is 23.6. The molecule has 1 unspecified atom stereocenters. The summed E-state index contributed by atoms with van der Waals surface area (Å²) in [5.74, 6) is -3.62. The van der Waals surface area contributed by atoms with Gasteiger partial charge in [-0.05, 0) is 87.0 Å². The minimum absolute atomic E-state index is 0.0708. The van der Waals surface area contributed by atoms with E-state index in [-0.39, 0.29) is 23.2 Å². The van der Waals surface area contributed by atoms with Crippen LogP contribution in [-0.2, 0) is 9.59 Å². The van der Waals surface area contributed by atoms with E-state index >= 15 is 4.39 Å². The van der Waals surface area contributed by atoms with E-state index < -0.39 is 54.1 Å². The van der Waals surface area contributed by atoms with Crippen LogP contribution in [0.2, 0.25) is 0 Å². The number of hydrogen-bond acceptors (Lipinski definition) is 4. The van der Waals surface area contributed by atoms with E-state index in [0.717, 1.165) is 31.7 Å². The molecule has 2 atom stereocenters. The summed E-state index contributed by atoms with van der Waals surface area (Å²) in [6.45, 7) is 5.60. The van der Waals surface area contributed by atoms with Crippen molar-refractivity contribution in [2.24, 2.45) is 23.7 Å². The van der Waals surface area contributed by atoms with E-state index in [1.165, 1.54) is 18.3 Å². The number of nitrogens with one attached hydrogen (secondary N) is 3. The maximum absolute atomic E-state index is 15.3. The molecule has 41 heavy (non-hydrogen) atoms. The van der Waals surface area contributed by atoms with Gasteiger partial charge in [-0.15, -0.1) is 0 Å². The largest absolute Gasteiger partial charge is 0.405 e. The monoisotopic (exact) mass is 579 g/mol. The molecule has 2 aromatic rings. The zero-order chi connectivity index (χ0) is 30.1. The lowest BCUT2D eigenvalue weighted by molar-refractivity contribution is -0.139. The van der Waals surface area contributed by atoms with Crippen molar-refractivity contribution >= 4 is 23.4 Å². The molecule has 1 heterocycles. The maximum Gasteiger partial charge on any atom is 0.405 e. The summed E-state index contributed by atoms with van der Waals surface area (Å²) in [6.07, 6.45) is 0.785. The molecule has 2 fully saturated rings. The van der Waals surface area contributed by atoms with Gasteiger partial charge in [-0.25, -0.2) is 4.39 Å². The lowest BCUT2D eigenvalue weighted by atomic mass is 9.87. The Morgan fingerprint density at radius 3 is 2.15 bits per heavy atom. The minimum Gasteiger partial charge on any atom is -0.346 e. The van der Waals surface area contributed by atoms with Gasteiger partial charge in [-0.1, -0.05) is 19.9 Å². The second-order valence-corrected chi connectivity index (χ2v) is 11.7. The number of benzene rings is 1. The average molecular weight is 580 g/mol. The summed E-state index contributed by atoms with van der Waals surface area (Å²) in [5.41, 5.74) is 0.367. The summed E-state index contributed by atoms with van der Waals surface area (Å²) in [5, 5.41) is 11.6. The fraction of sp³-hybridized carbons (Fsp3) is 0.586. The van der Waals surface area contributed by atoms with Crippen LogP contribution < -0.4 is 16.0 Å². The van der Waals surface area contributed by atoms with Crippen molar-refractivity contribution in [1.82, 2.24) is 20.4 Å². The molecule has 0 aliphatic heterocycles. The molecule has 12 heteroatoms. The summed E-state index contributed by atoms with van der Waals surface area (Å²) >= 11 is 0. The number of rotatable bonds is 12. The van der Waals surface area contributed by atoms with E-state index in [0.29, 0.717) is 17.5 Å². The van der Waals surface area contributed by atoms with Gasteiger partial charge in [0.1, 0.15) is 24.1 Å². The van der Waals surface area contributed by atoms with E-state index in [4.69, 9.17) is 0 Å². The fourth-order valence-electron chi connectivity index (χ4n) is 5.52. The van der Waals surface area contributed by atoms with Crippen molar-refractivity contribution < 1.29 is 31.9 Å². The van der Waals surface area contributed by atoms with Crippen LogP contribution in [0.4, 0.5) is 23.2 Å². The Balaban J connectivity index is 1.54. The molecule has 2 aliphatic carbocycles. The fourth-order valence-corrected chi connectivity index (χ4v) is 5.52. The highest BCUT2D eigenvalue weighted by Gasteiger charge is 2.48. The summed E-state index contributed by atoms with van der Waals surface area (Å²) in [4.78, 5) is 39.4. The van der Waals surface area contributed by atoms with Crippen molar-refractivity contribution in [3.05, 3.63) is 47.5 Å². The Morgan fingerprint density at radius 1 is 1.00 bits per heavy atom. The SMILES string of the molecule is CC(C)C(C(=O)NCC(F)(F)F)c1ccc(NC(=O)[C@@H](NC(=O)c2ccnn2C(C)C)C(C2CC2)C2CC2)c(F)c1. The lowest BCUT2D eigenvalue weighted by Crippen LogP contribution is -2.50. The highest BCUT2D eigenvalue weighted by atomic mass is 19.4. The second kappa shape index (κ2) is 12.2. The smallest absolute Gasteiger partial charge is 0.346 e. The third kappa shape index (κ3) is 7.65. The second-order valence-electron chi connectivity index (χ2n) is 11.7. The number of nitrogens with zero attached hydrogens (tertiary/aromatic N) is 2. The number of carbonyl (C=O) groups excluding carboxylic acids is 3. The van der Waals surface area contributed by atoms with Gasteiger partial charge in [-0.2, -0.15) is 18.3 Å². The van der Waals surface area contributed by atoms with Gasteiger partial charge < -0.3 is 16.0 Å². The van der Waals surface area contributed by atoms with E-state index in [1.54, 1.807) is 24.6 Å². The summed E-state index contributed by atoms with van der Waals surface area (Å²) < 4.78 is 54.7. The van der Waals surface area contributed by atoms with Gasteiger partial charge >= 0.3 is 6.18 Å². The minimum atomic E-state index is -4.57. The van der Waals surface area contributed by atoms with Crippen LogP contribution in [-0.4, -0.2) is 46.3 Å². The van der Waals surface area contributed by atoms with Crippen LogP contribution in [0.5, 0.6) is 0 Å². The molecule has 2 aliphatic rings. The normalized spacial score (nSPS) is 17.0. The molecule has 0 bridgehead atoms. The number of alkyl halides is 3. The topological polar surface area (TPSA) is 105 Å². The molecule has 2 saturated carbocycles. The van der Waals surface area contributed by atoms with Gasteiger partial charge in [0.15, 0.2) is 0 Å². The van der Waals surface area contributed by atoms with Crippen LogP contribution in [0.3, 0.4) is 0 Å². The third-order valence-corrected chi connectivity index (χ3v) is 7.70. The summed E-state index contributed by atoms with van der Waals surface area (Å²) in [7, 11) is 0. The molecule has 8 nitrogen and oxygen atoms in total. The standard InChI is InChI=1S/C29H37F4N5O3/c1-15(2)23(27(40)34-14-29(31,32)33)19-9-10-21(20(30)13-19)36-28(41)25(24(17-5-6-17)18-7-8-18)37-26(39)22-11-12-35-38(22)16(3)4/h9-13,15-18,23-25H,5-8,14H2,1-4H3,(H,34,40)(H,36,41)(H,37,39)/t23?,25-/m0/s1. The Kier molecular flexibility index (Phi) is 9.08. The Hall–Kier alpha value is -3.44. The molecule has 4 rings (SSSR count). The average Bonchev–Trinajstić information content (AvgIpc) is 3.82. The lowest BCUT2D eigenvalue weighted by Gasteiger charge is -2.28. The molecule has 1 aromatic heterocycles. The van der Waals surface area contributed by atoms with Crippen LogP contribution in [0.25, 0.3) is 0 Å².